The topological polar surface area (TPSA) is 30.5 Å². The molecule has 1 heterocycles. The Morgan fingerprint density at radius 2 is 1.89 bits per heavy atom. The molecular formula is C16H23NO2. The third-order valence-corrected chi connectivity index (χ3v) is 4.38. The molecule has 1 saturated carbocycles. The van der Waals surface area contributed by atoms with Gasteiger partial charge in [-0.3, -0.25) is 0 Å². The van der Waals surface area contributed by atoms with E-state index in [1.54, 1.807) is 0 Å². The lowest BCUT2D eigenvalue weighted by atomic mass is 9.81. The molecule has 1 aliphatic heterocycles. The van der Waals surface area contributed by atoms with E-state index in [2.05, 4.69) is 30.6 Å². The largest absolute Gasteiger partial charge is 0.486 e. The molecule has 1 aromatic carbocycles. The van der Waals surface area contributed by atoms with Crippen LogP contribution in [0.3, 0.4) is 0 Å². The summed E-state index contributed by atoms with van der Waals surface area (Å²) in [6.07, 6.45) is 6.52. The number of ether oxygens (including phenoxy) is 2. The number of rotatable bonds is 3. The van der Waals surface area contributed by atoms with E-state index >= 15 is 0 Å². The Morgan fingerprint density at radius 3 is 2.74 bits per heavy atom. The normalized spacial score (nSPS) is 26.2. The third-order valence-electron chi connectivity index (χ3n) is 4.38. The Labute approximate surface area is 115 Å². The van der Waals surface area contributed by atoms with E-state index in [4.69, 9.17) is 9.47 Å². The van der Waals surface area contributed by atoms with Gasteiger partial charge in [-0.05, 0) is 49.9 Å². The van der Waals surface area contributed by atoms with Crippen molar-refractivity contribution in [1.82, 2.24) is 5.32 Å². The predicted molar refractivity (Wildman–Crippen MR) is 75.9 cm³/mol. The van der Waals surface area contributed by atoms with Crippen LogP contribution in [0.5, 0.6) is 11.5 Å². The monoisotopic (exact) mass is 261 g/mol. The SMILES string of the molecule is CNC1CCCCC1Cc1ccc2c(c1)OCCO2. The molecule has 19 heavy (non-hydrogen) atoms. The lowest BCUT2D eigenvalue weighted by Gasteiger charge is -2.31. The van der Waals surface area contributed by atoms with E-state index in [9.17, 15) is 0 Å². The molecule has 1 aliphatic carbocycles. The Kier molecular flexibility index (Phi) is 3.92. The van der Waals surface area contributed by atoms with Crippen LogP contribution in [-0.2, 0) is 6.42 Å². The van der Waals surface area contributed by atoms with Crippen LogP contribution in [-0.4, -0.2) is 26.3 Å². The number of nitrogens with one attached hydrogen (secondary N) is 1. The van der Waals surface area contributed by atoms with Crippen LogP contribution in [0.4, 0.5) is 0 Å². The molecule has 2 atom stereocenters. The number of fused-ring (bicyclic) bond motifs is 1. The fourth-order valence-electron chi connectivity index (χ4n) is 3.35. The minimum absolute atomic E-state index is 0.663. The van der Waals surface area contributed by atoms with Crippen molar-refractivity contribution in [3.8, 4) is 11.5 Å². The fraction of sp³-hybridized carbons (Fsp3) is 0.625. The Morgan fingerprint density at radius 1 is 1.11 bits per heavy atom. The highest BCUT2D eigenvalue weighted by Crippen LogP contribution is 2.33. The summed E-state index contributed by atoms with van der Waals surface area (Å²) >= 11 is 0. The molecule has 1 fully saturated rings. The summed E-state index contributed by atoms with van der Waals surface area (Å²) in [5.74, 6) is 2.56. The van der Waals surface area contributed by atoms with Crippen molar-refractivity contribution in [2.75, 3.05) is 20.3 Å². The maximum absolute atomic E-state index is 5.67. The van der Waals surface area contributed by atoms with E-state index in [1.165, 1.54) is 31.2 Å². The molecule has 0 aromatic heterocycles. The van der Waals surface area contributed by atoms with Gasteiger partial charge in [0.25, 0.3) is 0 Å². The van der Waals surface area contributed by atoms with Gasteiger partial charge in [0.2, 0.25) is 0 Å². The molecule has 0 saturated heterocycles. The zero-order valence-corrected chi connectivity index (χ0v) is 11.7. The van der Waals surface area contributed by atoms with Gasteiger partial charge in [-0.15, -0.1) is 0 Å². The molecule has 1 N–H and O–H groups in total. The quantitative estimate of drug-likeness (QED) is 0.907. The van der Waals surface area contributed by atoms with Gasteiger partial charge in [0.1, 0.15) is 13.2 Å². The zero-order valence-electron chi connectivity index (χ0n) is 11.7. The molecule has 0 spiro atoms. The highest BCUT2D eigenvalue weighted by atomic mass is 16.6. The molecule has 1 aromatic rings. The van der Waals surface area contributed by atoms with Gasteiger partial charge in [0, 0.05) is 6.04 Å². The summed E-state index contributed by atoms with van der Waals surface area (Å²) in [5.41, 5.74) is 1.37. The van der Waals surface area contributed by atoms with Crippen molar-refractivity contribution in [2.45, 2.75) is 38.1 Å². The molecule has 3 rings (SSSR count). The Bertz CT molecular complexity index is 433. The molecule has 0 radical (unpaired) electrons. The second kappa shape index (κ2) is 5.83. The summed E-state index contributed by atoms with van der Waals surface area (Å²) in [4.78, 5) is 0. The van der Waals surface area contributed by atoms with Crippen LogP contribution in [0.2, 0.25) is 0 Å². The van der Waals surface area contributed by atoms with E-state index < -0.39 is 0 Å². The average Bonchev–Trinajstić information content (AvgIpc) is 2.48. The van der Waals surface area contributed by atoms with E-state index in [0.29, 0.717) is 19.3 Å². The molecule has 0 bridgehead atoms. The van der Waals surface area contributed by atoms with Gasteiger partial charge in [-0.25, -0.2) is 0 Å². The Hall–Kier alpha value is -1.22. The minimum atomic E-state index is 0.663. The first-order valence-electron chi connectivity index (χ1n) is 7.42. The van der Waals surface area contributed by atoms with Gasteiger partial charge in [-0.1, -0.05) is 18.9 Å². The van der Waals surface area contributed by atoms with Gasteiger partial charge < -0.3 is 14.8 Å². The molecule has 0 amide bonds. The van der Waals surface area contributed by atoms with Gasteiger partial charge in [-0.2, -0.15) is 0 Å². The average molecular weight is 261 g/mol. The molecule has 3 heteroatoms. The molecule has 3 nitrogen and oxygen atoms in total. The summed E-state index contributed by atoms with van der Waals surface area (Å²) in [6.45, 7) is 1.33. The minimum Gasteiger partial charge on any atom is -0.486 e. The highest BCUT2D eigenvalue weighted by molar-refractivity contribution is 5.43. The molecule has 104 valence electrons. The smallest absolute Gasteiger partial charge is 0.161 e. The molecule has 2 unspecified atom stereocenters. The highest BCUT2D eigenvalue weighted by Gasteiger charge is 2.24. The standard InChI is InChI=1S/C16H23NO2/c1-17-14-5-3-2-4-13(14)10-12-6-7-15-16(11-12)19-9-8-18-15/h6-7,11,13-14,17H,2-5,8-10H2,1H3. The first kappa shape index (κ1) is 12.8. The predicted octanol–water partition coefficient (Wildman–Crippen LogP) is 2.78. The maximum Gasteiger partial charge on any atom is 0.161 e. The first-order valence-corrected chi connectivity index (χ1v) is 7.42. The molecule has 2 aliphatic rings. The Balaban J connectivity index is 1.71. The lowest BCUT2D eigenvalue weighted by molar-refractivity contribution is 0.171. The van der Waals surface area contributed by atoms with Crippen LogP contribution in [0.1, 0.15) is 31.2 Å². The first-order chi connectivity index (χ1) is 9.36. The van der Waals surface area contributed by atoms with Gasteiger partial charge in [0.15, 0.2) is 11.5 Å². The van der Waals surface area contributed by atoms with Crippen LogP contribution < -0.4 is 14.8 Å². The second-order valence-corrected chi connectivity index (χ2v) is 5.62. The van der Waals surface area contributed by atoms with Crippen molar-refractivity contribution < 1.29 is 9.47 Å². The summed E-state index contributed by atoms with van der Waals surface area (Å²) < 4.78 is 11.2. The zero-order chi connectivity index (χ0) is 13.1. The number of benzene rings is 1. The summed E-state index contributed by atoms with van der Waals surface area (Å²) in [7, 11) is 2.09. The van der Waals surface area contributed by atoms with Gasteiger partial charge >= 0.3 is 0 Å². The molecular weight excluding hydrogens is 238 g/mol. The number of hydrogen-bond donors (Lipinski definition) is 1. The maximum atomic E-state index is 5.67. The number of hydrogen-bond acceptors (Lipinski definition) is 3. The lowest BCUT2D eigenvalue weighted by Crippen LogP contribution is -2.37. The summed E-state index contributed by atoms with van der Waals surface area (Å²) in [6, 6.07) is 7.08. The van der Waals surface area contributed by atoms with Crippen molar-refractivity contribution in [1.29, 1.82) is 0 Å². The van der Waals surface area contributed by atoms with E-state index in [-0.39, 0.29) is 0 Å². The van der Waals surface area contributed by atoms with Crippen molar-refractivity contribution in [2.24, 2.45) is 5.92 Å². The third kappa shape index (κ3) is 2.86. The van der Waals surface area contributed by atoms with Crippen molar-refractivity contribution in [3.63, 3.8) is 0 Å². The van der Waals surface area contributed by atoms with Crippen molar-refractivity contribution in [3.05, 3.63) is 23.8 Å². The van der Waals surface area contributed by atoms with Crippen LogP contribution in [0.15, 0.2) is 18.2 Å². The van der Waals surface area contributed by atoms with Crippen LogP contribution in [0.25, 0.3) is 0 Å². The van der Waals surface area contributed by atoms with Gasteiger partial charge in [0.05, 0.1) is 0 Å². The van der Waals surface area contributed by atoms with Crippen molar-refractivity contribution >= 4 is 0 Å². The second-order valence-electron chi connectivity index (χ2n) is 5.62. The van der Waals surface area contributed by atoms with Crippen LogP contribution in [0, 0.1) is 5.92 Å². The fourth-order valence-corrected chi connectivity index (χ4v) is 3.35. The van der Waals surface area contributed by atoms with E-state index in [0.717, 1.165) is 23.8 Å². The van der Waals surface area contributed by atoms with E-state index in [1.807, 2.05) is 0 Å². The summed E-state index contributed by atoms with van der Waals surface area (Å²) in [5, 5.41) is 3.48. The van der Waals surface area contributed by atoms with Crippen LogP contribution >= 0.6 is 0 Å².